The summed E-state index contributed by atoms with van der Waals surface area (Å²) in [5.74, 6) is 0.564. The smallest absolute Gasteiger partial charge is 0.174 e. The molecule has 1 aromatic carbocycles. The Morgan fingerprint density at radius 3 is 2.67 bits per heavy atom. The number of pyridine rings is 1. The van der Waals surface area contributed by atoms with Crippen LogP contribution in [0.15, 0.2) is 36.5 Å². The Morgan fingerprint density at radius 1 is 1.22 bits per heavy atom. The molecule has 3 rings (SSSR count). The van der Waals surface area contributed by atoms with Crippen molar-refractivity contribution in [2.75, 3.05) is 7.11 Å². The molecule has 1 aliphatic carbocycles. The molecule has 0 bridgehead atoms. The molecule has 0 saturated heterocycles. The fourth-order valence-electron chi connectivity index (χ4n) is 2.09. The molecule has 0 radical (unpaired) electrons. The molecule has 1 aromatic heterocycles. The minimum atomic E-state index is -0.355. The van der Waals surface area contributed by atoms with Crippen molar-refractivity contribution in [2.45, 2.75) is 18.8 Å². The molecule has 18 heavy (non-hydrogen) atoms. The third-order valence-corrected chi connectivity index (χ3v) is 3.29. The third-order valence-electron chi connectivity index (χ3n) is 3.29. The molecule has 2 nitrogen and oxygen atoms in total. The summed E-state index contributed by atoms with van der Waals surface area (Å²) in [7, 11) is 1.46. The van der Waals surface area contributed by atoms with Gasteiger partial charge in [0.2, 0.25) is 0 Å². The predicted molar refractivity (Wildman–Crippen MR) is 68.2 cm³/mol. The first-order chi connectivity index (χ1) is 8.79. The molecule has 92 valence electrons. The second kappa shape index (κ2) is 4.41. The molecule has 0 unspecified atom stereocenters. The molecular formula is C15H14FNO. The summed E-state index contributed by atoms with van der Waals surface area (Å²) < 4.78 is 19.0. The predicted octanol–water partition coefficient (Wildman–Crippen LogP) is 3.77. The first-order valence-electron chi connectivity index (χ1n) is 6.08. The van der Waals surface area contributed by atoms with Crippen molar-refractivity contribution in [3.63, 3.8) is 0 Å². The van der Waals surface area contributed by atoms with E-state index in [1.165, 1.54) is 25.5 Å². The Kier molecular flexibility index (Phi) is 2.74. The zero-order valence-corrected chi connectivity index (χ0v) is 10.2. The van der Waals surface area contributed by atoms with Crippen LogP contribution in [0.5, 0.6) is 5.75 Å². The lowest BCUT2D eigenvalue weighted by molar-refractivity contribution is 0.387. The highest BCUT2D eigenvalue weighted by molar-refractivity contribution is 5.62. The van der Waals surface area contributed by atoms with E-state index in [4.69, 9.17) is 4.74 Å². The summed E-state index contributed by atoms with van der Waals surface area (Å²) in [5, 5.41) is 0. The van der Waals surface area contributed by atoms with E-state index in [0.717, 1.165) is 0 Å². The SMILES string of the molecule is COc1cccc(-c2ccc(C3CC3)cn2)c1F. The molecule has 2 aromatic rings. The molecule has 1 heterocycles. The summed E-state index contributed by atoms with van der Waals surface area (Å²) in [4.78, 5) is 4.35. The topological polar surface area (TPSA) is 22.1 Å². The maximum Gasteiger partial charge on any atom is 0.174 e. The lowest BCUT2D eigenvalue weighted by Crippen LogP contribution is -1.93. The van der Waals surface area contributed by atoms with Gasteiger partial charge >= 0.3 is 0 Å². The number of nitrogens with zero attached hydrogens (tertiary/aromatic N) is 1. The number of rotatable bonds is 3. The third kappa shape index (κ3) is 1.96. The van der Waals surface area contributed by atoms with Gasteiger partial charge in [0.15, 0.2) is 11.6 Å². The molecule has 0 atom stereocenters. The van der Waals surface area contributed by atoms with Gasteiger partial charge in [0.25, 0.3) is 0 Å². The highest BCUT2D eigenvalue weighted by Crippen LogP contribution is 2.40. The normalized spacial score (nSPS) is 14.6. The average Bonchev–Trinajstić information content (AvgIpc) is 3.24. The number of methoxy groups -OCH3 is 1. The molecule has 0 spiro atoms. The number of benzene rings is 1. The Balaban J connectivity index is 1.98. The highest BCUT2D eigenvalue weighted by Gasteiger charge is 2.23. The van der Waals surface area contributed by atoms with Crippen molar-refractivity contribution in [3.05, 3.63) is 47.9 Å². The number of ether oxygens (including phenoxy) is 1. The van der Waals surface area contributed by atoms with Crippen LogP contribution in [0.25, 0.3) is 11.3 Å². The Labute approximate surface area is 105 Å². The summed E-state index contributed by atoms with van der Waals surface area (Å²) in [5.41, 5.74) is 2.38. The lowest BCUT2D eigenvalue weighted by Gasteiger charge is -2.07. The molecule has 1 aliphatic rings. The van der Waals surface area contributed by atoms with Crippen LogP contribution in [0.3, 0.4) is 0 Å². The summed E-state index contributed by atoms with van der Waals surface area (Å²) in [6.07, 6.45) is 4.34. The Hall–Kier alpha value is -1.90. The van der Waals surface area contributed by atoms with Crippen molar-refractivity contribution in [1.29, 1.82) is 0 Å². The van der Waals surface area contributed by atoms with E-state index in [9.17, 15) is 4.39 Å². The standard InChI is InChI=1S/C15H14FNO/c1-18-14-4-2-3-12(15(14)16)13-8-7-11(9-17-13)10-5-6-10/h2-4,7-10H,5-6H2,1H3. The zero-order valence-electron chi connectivity index (χ0n) is 10.2. The fraction of sp³-hybridized carbons (Fsp3) is 0.267. The first-order valence-corrected chi connectivity index (χ1v) is 6.08. The van der Waals surface area contributed by atoms with E-state index < -0.39 is 0 Å². The van der Waals surface area contributed by atoms with Gasteiger partial charge in [0.05, 0.1) is 12.8 Å². The fourth-order valence-corrected chi connectivity index (χ4v) is 2.09. The van der Waals surface area contributed by atoms with Crippen LogP contribution >= 0.6 is 0 Å². The Morgan fingerprint density at radius 2 is 2.06 bits per heavy atom. The van der Waals surface area contributed by atoms with Gasteiger partial charge in [-0.25, -0.2) is 4.39 Å². The average molecular weight is 243 g/mol. The van der Waals surface area contributed by atoms with Crippen LogP contribution in [0.1, 0.15) is 24.3 Å². The molecular weight excluding hydrogens is 229 g/mol. The quantitative estimate of drug-likeness (QED) is 0.818. The van der Waals surface area contributed by atoms with Crippen molar-refractivity contribution in [1.82, 2.24) is 4.98 Å². The minimum absolute atomic E-state index is 0.251. The molecule has 3 heteroatoms. The molecule has 0 N–H and O–H groups in total. The van der Waals surface area contributed by atoms with Crippen LogP contribution in [0.4, 0.5) is 4.39 Å². The van der Waals surface area contributed by atoms with E-state index in [1.807, 2.05) is 18.3 Å². The van der Waals surface area contributed by atoms with Crippen molar-refractivity contribution >= 4 is 0 Å². The van der Waals surface area contributed by atoms with Gasteiger partial charge in [0, 0.05) is 11.8 Å². The van der Waals surface area contributed by atoms with Gasteiger partial charge in [-0.3, -0.25) is 4.98 Å². The number of hydrogen-bond donors (Lipinski definition) is 0. The van der Waals surface area contributed by atoms with E-state index >= 15 is 0 Å². The summed E-state index contributed by atoms with van der Waals surface area (Å²) >= 11 is 0. The summed E-state index contributed by atoms with van der Waals surface area (Å²) in [6, 6.07) is 9.02. The number of hydrogen-bond acceptors (Lipinski definition) is 2. The molecule has 0 amide bonds. The van der Waals surface area contributed by atoms with Crippen LogP contribution in [0, 0.1) is 5.82 Å². The van der Waals surface area contributed by atoms with Gasteiger partial charge in [-0.2, -0.15) is 0 Å². The molecule has 1 fully saturated rings. The van der Waals surface area contributed by atoms with Crippen molar-refractivity contribution < 1.29 is 9.13 Å². The molecule has 1 saturated carbocycles. The first kappa shape index (κ1) is 11.2. The van der Waals surface area contributed by atoms with Gasteiger partial charge < -0.3 is 4.74 Å². The zero-order chi connectivity index (χ0) is 12.5. The molecule has 0 aliphatic heterocycles. The van der Waals surface area contributed by atoms with Crippen molar-refractivity contribution in [3.8, 4) is 17.0 Å². The van der Waals surface area contributed by atoms with E-state index in [1.54, 1.807) is 18.2 Å². The van der Waals surface area contributed by atoms with E-state index in [-0.39, 0.29) is 11.6 Å². The summed E-state index contributed by atoms with van der Waals surface area (Å²) in [6.45, 7) is 0. The minimum Gasteiger partial charge on any atom is -0.494 e. The van der Waals surface area contributed by atoms with Crippen molar-refractivity contribution in [2.24, 2.45) is 0 Å². The lowest BCUT2D eigenvalue weighted by atomic mass is 10.1. The highest BCUT2D eigenvalue weighted by atomic mass is 19.1. The second-order valence-electron chi connectivity index (χ2n) is 4.57. The maximum absolute atomic E-state index is 14.1. The number of aromatic nitrogens is 1. The van der Waals surface area contributed by atoms with Crippen LogP contribution in [0.2, 0.25) is 0 Å². The van der Waals surface area contributed by atoms with Crippen LogP contribution in [-0.4, -0.2) is 12.1 Å². The monoisotopic (exact) mass is 243 g/mol. The van der Waals surface area contributed by atoms with E-state index in [2.05, 4.69) is 4.98 Å². The van der Waals surface area contributed by atoms with Gasteiger partial charge in [-0.05, 0) is 42.5 Å². The number of halogens is 1. The van der Waals surface area contributed by atoms with Gasteiger partial charge in [-0.15, -0.1) is 0 Å². The Bertz CT molecular complexity index is 561. The van der Waals surface area contributed by atoms with Gasteiger partial charge in [-0.1, -0.05) is 12.1 Å². The maximum atomic E-state index is 14.1. The van der Waals surface area contributed by atoms with Crippen LogP contribution < -0.4 is 4.74 Å². The van der Waals surface area contributed by atoms with Gasteiger partial charge in [0.1, 0.15) is 0 Å². The second-order valence-corrected chi connectivity index (χ2v) is 4.57. The largest absolute Gasteiger partial charge is 0.494 e. The van der Waals surface area contributed by atoms with E-state index in [0.29, 0.717) is 17.2 Å². The van der Waals surface area contributed by atoms with Crippen LogP contribution in [-0.2, 0) is 0 Å².